The van der Waals surface area contributed by atoms with Crippen LogP contribution >= 0.6 is 0 Å². The normalized spacial score (nSPS) is 18.4. The first-order chi connectivity index (χ1) is 15.7. The molecule has 1 aliphatic carbocycles. The van der Waals surface area contributed by atoms with E-state index in [-0.39, 0.29) is 18.0 Å². The van der Waals surface area contributed by atoms with E-state index in [2.05, 4.69) is 41.2 Å². The summed E-state index contributed by atoms with van der Waals surface area (Å²) in [7, 11) is 7.61. The molecule has 0 aliphatic heterocycles. The number of nitrogens with zero attached hydrogens (tertiary/aromatic N) is 3. The Kier molecular flexibility index (Phi) is 7.89. The summed E-state index contributed by atoms with van der Waals surface area (Å²) in [6.45, 7) is 7.05. The Hall–Kier alpha value is -2.74. The summed E-state index contributed by atoms with van der Waals surface area (Å²) in [5, 5.41) is 5.90. The van der Waals surface area contributed by atoms with E-state index >= 15 is 0 Å². The molecular formula is C25H39N5O3. The standard InChI is InChI=1S/C25H39N5O3/c1-8-30(19-11-9-18(10-12-19)28(4)5)23-14-20(33-7)13-21(16(23)2)24(31)26-15-22-17(3)27-29(6)25(22)32/h13-14,18-19,27H,8-12,15H2,1-7H3,(H,26,31). The number of aryl methyl sites for hydroxylation is 2. The summed E-state index contributed by atoms with van der Waals surface area (Å²) in [5.41, 5.74) is 3.76. The molecule has 0 spiro atoms. The lowest BCUT2D eigenvalue weighted by atomic mass is 9.88. The number of hydrogen-bond donors (Lipinski definition) is 2. The number of anilines is 1. The summed E-state index contributed by atoms with van der Waals surface area (Å²) in [6.07, 6.45) is 4.61. The molecule has 3 rings (SSSR count). The van der Waals surface area contributed by atoms with Gasteiger partial charge in [0.25, 0.3) is 11.5 Å². The Balaban J connectivity index is 1.85. The predicted molar refractivity (Wildman–Crippen MR) is 132 cm³/mol. The van der Waals surface area contributed by atoms with Gasteiger partial charge >= 0.3 is 0 Å². The summed E-state index contributed by atoms with van der Waals surface area (Å²) in [4.78, 5) is 30.2. The second-order valence-electron chi connectivity index (χ2n) is 9.29. The average molecular weight is 458 g/mol. The number of nitrogens with one attached hydrogen (secondary N) is 2. The van der Waals surface area contributed by atoms with Gasteiger partial charge in [-0.25, -0.2) is 0 Å². The molecule has 182 valence electrons. The number of aromatic amines is 1. The third-order valence-corrected chi connectivity index (χ3v) is 7.10. The van der Waals surface area contributed by atoms with Crippen molar-refractivity contribution >= 4 is 11.6 Å². The molecule has 1 saturated carbocycles. The fourth-order valence-corrected chi connectivity index (χ4v) is 5.04. The van der Waals surface area contributed by atoms with Crippen LogP contribution in [0.25, 0.3) is 0 Å². The van der Waals surface area contributed by atoms with Gasteiger partial charge in [0.15, 0.2) is 0 Å². The number of carbonyl (C=O) groups excluding carboxylic acids is 1. The van der Waals surface area contributed by atoms with Crippen LogP contribution < -0.4 is 20.5 Å². The van der Waals surface area contributed by atoms with Gasteiger partial charge in [-0.2, -0.15) is 0 Å². The molecule has 1 heterocycles. The highest BCUT2D eigenvalue weighted by Gasteiger charge is 2.28. The van der Waals surface area contributed by atoms with Gasteiger partial charge in [0.1, 0.15) is 5.75 Å². The van der Waals surface area contributed by atoms with Crippen molar-refractivity contribution in [2.45, 2.75) is 65.1 Å². The predicted octanol–water partition coefficient (Wildman–Crippen LogP) is 2.97. The van der Waals surface area contributed by atoms with Crippen molar-refractivity contribution in [3.05, 3.63) is 44.9 Å². The molecule has 1 fully saturated rings. The van der Waals surface area contributed by atoms with Crippen molar-refractivity contribution < 1.29 is 9.53 Å². The van der Waals surface area contributed by atoms with Gasteiger partial charge in [-0.15, -0.1) is 0 Å². The van der Waals surface area contributed by atoms with Gasteiger partial charge in [-0.1, -0.05) is 0 Å². The van der Waals surface area contributed by atoms with Crippen molar-refractivity contribution in [3.63, 3.8) is 0 Å². The van der Waals surface area contributed by atoms with Crippen LogP contribution in [-0.2, 0) is 13.6 Å². The summed E-state index contributed by atoms with van der Waals surface area (Å²) in [5.74, 6) is 0.456. The minimum Gasteiger partial charge on any atom is -0.497 e. The van der Waals surface area contributed by atoms with Crippen molar-refractivity contribution in [1.29, 1.82) is 0 Å². The number of benzene rings is 1. The third kappa shape index (κ3) is 5.27. The maximum Gasteiger partial charge on any atom is 0.271 e. The average Bonchev–Trinajstić information content (AvgIpc) is 3.04. The fourth-order valence-electron chi connectivity index (χ4n) is 5.04. The lowest BCUT2D eigenvalue weighted by molar-refractivity contribution is 0.0950. The number of carbonyl (C=O) groups is 1. The van der Waals surface area contributed by atoms with Gasteiger partial charge in [0.2, 0.25) is 0 Å². The minimum atomic E-state index is -0.206. The Labute approximate surface area is 196 Å². The maximum absolute atomic E-state index is 13.2. The van der Waals surface area contributed by atoms with Gasteiger partial charge < -0.3 is 19.9 Å². The SMILES string of the molecule is CCN(c1cc(OC)cc(C(=O)NCc2c(C)[nH]n(C)c2=O)c1C)C1CCC(N(C)C)CC1. The smallest absolute Gasteiger partial charge is 0.271 e. The van der Waals surface area contributed by atoms with Crippen molar-refractivity contribution in [2.24, 2.45) is 7.05 Å². The highest BCUT2D eigenvalue weighted by atomic mass is 16.5. The molecule has 8 heteroatoms. The molecule has 1 aromatic carbocycles. The Morgan fingerprint density at radius 2 is 1.82 bits per heavy atom. The number of methoxy groups -OCH3 is 1. The Bertz CT molecular complexity index is 1030. The van der Waals surface area contributed by atoms with Crippen LogP contribution in [0, 0.1) is 13.8 Å². The maximum atomic E-state index is 13.2. The molecule has 0 saturated heterocycles. The van der Waals surface area contributed by atoms with Crippen LogP contribution in [0.4, 0.5) is 5.69 Å². The zero-order chi connectivity index (χ0) is 24.3. The first-order valence-electron chi connectivity index (χ1n) is 11.8. The number of hydrogen-bond acceptors (Lipinski definition) is 5. The molecule has 0 unspecified atom stereocenters. The van der Waals surface area contributed by atoms with Crippen LogP contribution in [0.2, 0.25) is 0 Å². The second-order valence-corrected chi connectivity index (χ2v) is 9.29. The van der Waals surface area contributed by atoms with Crippen LogP contribution in [0.3, 0.4) is 0 Å². The highest BCUT2D eigenvalue weighted by molar-refractivity contribution is 5.97. The second kappa shape index (κ2) is 10.5. The lowest BCUT2D eigenvalue weighted by Crippen LogP contribution is -2.42. The van der Waals surface area contributed by atoms with Crippen LogP contribution in [0.15, 0.2) is 16.9 Å². The number of amides is 1. The third-order valence-electron chi connectivity index (χ3n) is 7.10. The molecule has 0 atom stereocenters. The molecule has 2 N–H and O–H groups in total. The largest absolute Gasteiger partial charge is 0.497 e. The van der Waals surface area contributed by atoms with E-state index in [9.17, 15) is 9.59 Å². The lowest BCUT2D eigenvalue weighted by Gasteiger charge is -2.40. The van der Waals surface area contributed by atoms with E-state index in [1.807, 2.05) is 19.9 Å². The van der Waals surface area contributed by atoms with Crippen LogP contribution in [0.1, 0.15) is 59.8 Å². The van der Waals surface area contributed by atoms with Crippen molar-refractivity contribution in [1.82, 2.24) is 20.0 Å². The molecular weight excluding hydrogens is 418 g/mol. The van der Waals surface area contributed by atoms with Crippen LogP contribution in [-0.4, -0.2) is 60.4 Å². The van der Waals surface area contributed by atoms with E-state index in [4.69, 9.17) is 4.74 Å². The van der Waals surface area contributed by atoms with E-state index in [1.165, 1.54) is 17.5 Å². The molecule has 2 aromatic rings. The van der Waals surface area contributed by atoms with E-state index < -0.39 is 0 Å². The van der Waals surface area contributed by atoms with Crippen LogP contribution in [0.5, 0.6) is 5.75 Å². The number of aromatic nitrogens is 2. The van der Waals surface area contributed by atoms with Gasteiger partial charge in [-0.05, 0) is 72.2 Å². The quantitative estimate of drug-likeness (QED) is 0.637. The monoisotopic (exact) mass is 457 g/mol. The minimum absolute atomic E-state index is 0.124. The molecule has 1 aromatic heterocycles. The van der Waals surface area contributed by atoms with E-state index in [0.717, 1.165) is 36.3 Å². The zero-order valence-corrected chi connectivity index (χ0v) is 21.1. The first-order valence-corrected chi connectivity index (χ1v) is 11.8. The molecule has 1 aliphatic rings. The van der Waals surface area contributed by atoms with Gasteiger partial charge in [-0.3, -0.25) is 19.4 Å². The summed E-state index contributed by atoms with van der Waals surface area (Å²) < 4.78 is 6.99. The Morgan fingerprint density at radius 3 is 2.33 bits per heavy atom. The number of H-pyrrole nitrogens is 1. The number of ether oxygens (including phenoxy) is 1. The number of rotatable bonds is 8. The Morgan fingerprint density at radius 1 is 1.18 bits per heavy atom. The molecule has 0 radical (unpaired) electrons. The van der Waals surface area contributed by atoms with Crippen molar-refractivity contribution in [2.75, 3.05) is 32.6 Å². The summed E-state index contributed by atoms with van der Waals surface area (Å²) >= 11 is 0. The highest BCUT2D eigenvalue weighted by Crippen LogP contribution is 2.34. The molecule has 1 amide bonds. The van der Waals surface area contributed by atoms with Gasteiger partial charge in [0.05, 0.1) is 19.2 Å². The van der Waals surface area contributed by atoms with Gasteiger partial charge in [0, 0.05) is 48.7 Å². The molecule has 0 bridgehead atoms. The fraction of sp³-hybridized carbons (Fsp3) is 0.600. The molecule has 8 nitrogen and oxygen atoms in total. The topological polar surface area (TPSA) is 82.6 Å². The molecule has 33 heavy (non-hydrogen) atoms. The summed E-state index contributed by atoms with van der Waals surface area (Å²) in [6, 6.07) is 4.91. The van der Waals surface area contributed by atoms with E-state index in [1.54, 1.807) is 20.2 Å². The zero-order valence-electron chi connectivity index (χ0n) is 21.1. The van der Waals surface area contributed by atoms with Crippen molar-refractivity contribution in [3.8, 4) is 5.75 Å². The van der Waals surface area contributed by atoms with E-state index in [0.29, 0.717) is 29.0 Å². The first kappa shape index (κ1) is 24.9.